The van der Waals surface area contributed by atoms with E-state index in [4.69, 9.17) is 10.9 Å². The third-order valence-electron chi connectivity index (χ3n) is 1.16. The summed E-state index contributed by atoms with van der Waals surface area (Å²) in [6.45, 7) is 0. The summed E-state index contributed by atoms with van der Waals surface area (Å²) >= 11 is 0. The zero-order chi connectivity index (χ0) is 7.56. The number of nitrogen functional groups attached to an aromatic ring is 1. The second-order valence-corrected chi connectivity index (χ2v) is 1.89. The molecular weight excluding hydrogens is 130 g/mol. The highest BCUT2D eigenvalue weighted by molar-refractivity contribution is 5.32. The van der Waals surface area contributed by atoms with Crippen LogP contribution in [0.2, 0.25) is 0 Å². The van der Waals surface area contributed by atoms with Crippen molar-refractivity contribution in [2.45, 2.75) is 0 Å². The first-order valence-electron chi connectivity index (χ1n) is 2.84. The zero-order valence-corrected chi connectivity index (χ0v) is 5.65. The van der Waals surface area contributed by atoms with Gasteiger partial charge in [-0.15, -0.1) is 0 Å². The molecule has 1 aromatic rings. The van der Waals surface area contributed by atoms with Crippen LogP contribution in [0.1, 0.15) is 0 Å². The lowest BCUT2D eigenvalue weighted by Gasteiger charge is -1.97. The average Bonchev–Trinajstić information content (AvgIpc) is 1.88. The number of nitrogens with zero attached hydrogens (tertiary/aromatic N) is 2. The van der Waals surface area contributed by atoms with Crippen LogP contribution < -0.4 is 11.2 Å². The van der Waals surface area contributed by atoms with Crippen LogP contribution in [0.15, 0.2) is 23.3 Å². The molecule has 4 heteroatoms. The van der Waals surface area contributed by atoms with Gasteiger partial charge in [-0.2, -0.15) is 4.73 Å². The second kappa shape index (κ2) is 2.43. The summed E-state index contributed by atoms with van der Waals surface area (Å²) in [5.74, 6) is 0. The summed E-state index contributed by atoms with van der Waals surface area (Å²) in [5, 5.41) is 9.03. The van der Waals surface area contributed by atoms with Gasteiger partial charge in [0.2, 0.25) is 0 Å². The van der Waals surface area contributed by atoms with Crippen LogP contribution in [0.4, 0.5) is 5.69 Å². The van der Waals surface area contributed by atoms with E-state index in [0.717, 1.165) is 4.73 Å². The third kappa shape index (κ3) is 1.10. The molecule has 0 saturated carbocycles. The number of hydrogen-bond acceptors (Lipinski definition) is 3. The second-order valence-electron chi connectivity index (χ2n) is 1.89. The number of aromatic nitrogens is 1. The summed E-state index contributed by atoms with van der Waals surface area (Å²) < 4.78 is 0.884. The molecule has 4 nitrogen and oxygen atoms in total. The van der Waals surface area contributed by atoms with E-state index in [1.54, 1.807) is 19.2 Å². The van der Waals surface area contributed by atoms with Gasteiger partial charge in [0.15, 0.2) is 5.49 Å². The summed E-state index contributed by atoms with van der Waals surface area (Å²) in [7, 11) is 1.60. The van der Waals surface area contributed by atoms with Crippen LogP contribution in [-0.4, -0.2) is 17.0 Å². The molecule has 0 atom stereocenters. The van der Waals surface area contributed by atoms with Crippen molar-refractivity contribution in [2.24, 2.45) is 4.99 Å². The minimum Gasteiger partial charge on any atom is -0.427 e. The maximum Gasteiger partial charge on any atom is 0.163 e. The van der Waals surface area contributed by atoms with Crippen LogP contribution in [-0.2, 0) is 0 Å². The van der Waals surface area contributed by atoms with Crippen molar-refractivity contribution in [3.63, 3.8) is 0 Å². The van der Waals surface area contributed by atoms with Gasteiger partial charge in [-0.25, -0.2) is 0 Å². The van der Waals surface area contributed by atoms with E-state index >= 15 is 0 Å². The van der Waals surface area contributed by atoms with Gasteiger partial charge in [-0.1, -0.05) is 0 Å². The minimum atomic E-state index is 0.481. The fourth-order valence-electron chi connectivity index (χ4n) is 0.674. The number of rotatable bonds is 0. The van der Waals surface area contributed by atoms with E-state index < -0.39 is 0 Å². The third-order valence-corrected chi connectivity index (χ3v) is 1.16. The van der Waals surface area contributed by atoms with Crippen LogP contribution >= 0.6 is 0 Å². The zero-order valence-electron chi connectivity index (χ0n) is 5.65. The highest BCUT2D eigenvalue weighted by Crippen LogP contribution is 1.92. The van der Waals surface area contributed by atoms with E-state index in [2.05, 4.69) is 4.99 Å². The molecule has 0 bridgehead atoms. The van der Waals surface area contributed by atoms with Gasteiger partial charge in [0, 0.05) is 7.05 Å². The molecule has 54 valence electrons. The smallest absolute Gasteiger partial charge is 0.163 e. The molecule has 0 fully saturated rings. The molecule has 0 aliphatic carbocycles. The van der Waals surface area contributed by atoms with Crippen molar-refractivity contribution in [1.82, 2.24) is 4.73 Å². The molecule has 0 aliphatic rings. The largest absolute Gasteiger partial charge is 0.427 e. The van der Waals surface area contributed by atoms with Crippen molar-refractivity contribution in [3.05, 3.63) is 23.8 Å². The predicted octanol–water partition coefficient (Wildman–Crippen LogP) is -0.162. The lowest BCUT2D eigenvalue weighted by atomic mass is 10.4. The van der Waals surface area contributed by atoms with E-state index in [0.29, 0.717) is 11.2 Å². The van der Waals surface area contributed by atoms with Gasteiger partial charge < -0.3 is 10.9 Å². The molecule has 0 spiro atoms. The lowest BCUT2D eigenvalue weighted by molar-refractivity contribution is 0.172. The Balaban J connectivity index is 3.34. The van der Waals surface area contributed by atoms with Gasteiger partial charge in [0.25, 0.3) is 0 Å². The average molecular weight is 139 g/mol. The molecule has 10 heavy (non-hydrogen) atoms. The topological polar surface area (TPSA) is 63.5 Å². The molecule has 1 heterocycles. The Kier molecular flexibility index (Phi) is 1.62. The summed E-state index contributed by atoms with van der Waals surface area (Å²) in [6, 6.07) is 3.31. The number of hydrogen-bond donors (Lipinski definition) is 2. The Morgan fingerprint density at radius 2 is 2.30 bits per heavy atom. The monoisotopic (exact) mass is 139 g/mol. The summed E-state index contributed by atoms with van der Waals surface area (Å²) in [4.78, 5) is 3.77. The molecule has 0 radical (unpaired) electrons. The first-order chi connectivity index (χ1) is 4.74. The van der Waals surface area contributed by atoms with Crippen LogP contribution in [0.5, 0.6) is 0 Å². The van der Waals surface area contributed by atoms with E-state index in [1.165, 1.54) is 6.20 Å². The standard InChI is InChI=1S/C6H9N3O/c1-8-6-3-2-5(7)4-9(6)10/h2-4,10H,7H2,1H3. The first kappa shape index (κ1) is 6.67. The van der Waals surface area contributed by atoms with Crippen molar-refractivity contribution >= 4 is 5.69 Å². The van der Waals surface area contributed by atoms with Crippen molar-refractivity contribution in [1.29, 1.82) is 0 Å². The predicted molar refractivity (Wildman–Crippen MR) is 37.5 cm³/mol. The van der Waals surface area contributed by atoms with Crippen LogP contribution in [0, 0.1) is 0 Å². The van der Waals surface area contributed by atoms with E-state index in [9.17, 15) is 0 Å². The van der Waals surface area contributed by atoms with Crippen LogP contribution in [0.25, 0.3) is 0 Å². The SMILES string of the molecule is CN=c1ccc(N)cn1O. The minimum absolute atomic E-state index is 0.481. The summed E-state index contributed by atoms with van der Waals surface area (Å²) in [6.07, 6.45) is 1.39. The lowest BCUT2D eigenvalue weighted by Crippen LogP contribution is -2.17. The Hall–Kier alpha value is -1.45. The van der Waals surface area contributed by atoms with Gasteiger partial charge in [-0.05, 0) is 12.1 Å². The fourth-order valence-corrected chi connectivity index (χ4v) is 0.674. The Labute approximate surface area is 58.2 Å². The number of anilines is 1. The Morgan fingerprint density at radius 1 is 1.60 bits per heavy atom. The van der Waals surface area contributed by atoms with Gasteiger partial charge in [0.05, 0.1) is 11.9 Å². The number of nitrogens with two attached hydrogens (primary N) is 1. The van der Waals surface area contributed by atoms with E-state index in [1.807, 2.05) is 0 Å². The Bertz CT molecular complexity index is 289. The molecule has 0 saturated heterocycles. The molecule has 0 aromatic carbocycles. The van der Waals surface area contributed by atoms with Crippen molar-refractivity contribution in [3.8, 4) is 0 Å². The molecular formula is C6H9N3O. The van der Waals surface area contributed by atoms with Gasteiger partial charge >= 0.3 is 0 Å². The number of pyridine rings is 1. The highest BCUT2D eigenvalue weighted by atomic mass is 16.5. The molecule has 0 aliphatic heterocycles. The first-order valence-corrected chi connectivity index (χ1v) is 2.84. The van der Waals surface area contributed by atoms with Gasteiger partial charge in [-0.3, -0.25) is 4.99 Å². The van der Waals surface area contributed by atoms with Gasteiger partial charge in [0.1, 0.15) is 0 Å². The van der Waals surface area contributed by atoms with E-state index in [-0.39, 0.29) is 0 Å². The molecule has 3 N–H and O–H groups in total. The Morgan fingerprint density at radius 3 is 2.80 bits per heavy atom. The quantitative estimate of drug-likeness (QED) is 0.490. The fraction of sp³-hybridized carbons (Fsp3) is 0.167. The molecule has 0 amide bonds. The van der Waals surface area contributed by atoms with Crippen molar-refractivity contribution < 1.29 is 5.21 Å². The maximum absolute atomic E-state index is 9.03. The highest BCUT2D eigenvalue weighted by Gasteiger charge is 1.87. The maximum atomic E-state index is 9.03. The normalized spacial score (nSPS) is 11.9. The van der Waals surface area contributed by atoms with Crippen LogP contribution in [0.3, 0.4) is 0 Å². The molecule has 0 unspecified atom stereocenters. The molecule has 1 rings (SSSR count). The molecule has 1 aromatic heterocycles. The van der Waals surface area contributed by atoms with Crippen molar-refractivity contribution in [2.75, 3.05) is 12.8 Å². The summed E-state index contributed by atoms with van der Waals surface area (Å²) in [5.41, 5.74) is 6.35.